The Kier molecular flexibility index (Phi) is 6.02. The summed E-state index contributed by atoms with van der Waals surface area (Å²) in [5.41, 5.74) is 1.56. The van der Waals surface area contributed by atoms with E-state index in [9.17, 15) is 9.18 Å². The van der Waals surface area contributed by atoms with Crippen molar-refractivity contribution in [1.29, 1.82) is 0 Å². The van der Waals surface area contributed by atoms with Crippen LogP contribution in [0.2, 0.25) is 10.0 Å². The number of ether oxygens (including phenoxy) is 1. The first-order valence-electron chi connectivity index (χ1n) is 10.8. The number of fused-ring (bicyclic) bond motifs is 1. The van der Waals surface area contributed by atoms with Crippen molar-refractivity contribution in [2.45, 2.75) is 13.0 Å². The van der Waals surface area contributed by atoms with Gasteiger partial charge >= 0.3 is 0 Å². The molecule has 1 atom stereocenters. The molecule has 174 valence electrons. The lowest BCUT2D eigenvalue weighted by atomic mass is 10.1. The Morgan fingerprint density at radius 1 is 1.09 bits per heavy atom. The fraction of sp³-hybridized carbons (Fsp3) is 0.240. The minimum atomic E-state index is -0.556. The number of halogens is 3. The molecule has 0 spiro atoms. The van der Waals surface area contributed by atoms with Crippen molar-refractivity contribution >= 4 is 39.9 Å². The Hall–Kier alpha value is -3.00. The summed E-state index contributed by atoms with van der Waals surface area (Å²) in [7, 11) is 1.64. The van der Waals surface area contributed by atoms with E-state index in [4.69, 9.17) is 32.9 Å². The lowest BCUT2D eigenvalue weighted by Crippen LogP contribution is -2.39. The van der Waals surface area contributed by atoms with E-state index in [1.807, 2.05) is 24.3 Å². The highest BCUT2D eigenvalue weighted by Crippen LogP contribution is 2.33. The molecule has 2 aromatic carbocycles. The van der Waals surface area contributed by atoms with Gasteiger partial charge in [-0.15, -0.1) is 0 Å². The molecular weight excluding hydrogens is 478 g/mol. The van der Waals surface area contributed by atoms with Crippen LogP contribution in [0.4, 0.5) is 10.2 Å². The second-order valence-electron chi connectivity index (χ2n) is 8.23. The van der Waals surface area contributed by atoms with E-state index < -0.39 is 5.82 Å². The van der Waals surface area contributed by atoms with E-state index in [0.29, 0.717) is 41.9 Å². The van der Waals surface area contributed by atoms with Gasteiger partial charge in [0.1, 0.15) is 23.6 Å². The predicted octanol–water partition coefficient (Wildman–Crippen LogP) is 5.33. The molecule has 34 heavy (non-hydrogen) atoms. The molecule has 0 saturated carbocycles. The third kappa shape index (κ3) is 4.15. The summed E-state index contributed by atoms with van der Waals surface area (Å²) in [5.74, 6) is 0.586. The van der Waals surface area contributed by atoms with Crippen molar-refractivity contribution in [2.24, 2.45) is 7.05 Å². The van der Waals surface area contributed by atoms with Crippen LogP contribution < -0.4 is 10.5 Å². The summed E-state index contributed by atoms with van der Waals surface area (Å²) in [6, 6.07) is 13.7. The third-order valence-electron chi connectivity index (χ3n) is 6.07. The number of hydrogen-bond acceptors (Lipinski definition) is 5. The molecule has 1 aliphatic rings. The normalized spacial score (nSPS) is 16.3. The van der Waals surface area contributed by atoms with Gasteiger partial charge in [0.25, 0.3) is 5.56 Å². The standard InChI is InChI=1S/C25H21Cl2FN4O2/c1-14-29-20-12-22(32-8-9-34-21(13-32)15-4-3-5-16(26)10-15)30-24(23(20)25(33)31(14)2)18-7-6-17(27)11-19(18)28/h3-7,10-12,21H,8-9,13H2,1-2H3/t21-/m0/s1. The molecule has 6 nitrogen and oxygen atoms in total. The van der Waals surface area contributed by atoms with Gasteiger partial charge in [-0.2, -0.15) is 0 Å². The molecular formula is C25H21Cl2FN4O2. The number of nitrogens with zero attached hydrogens (tertiary/aromatic N) is 4. The monoisotopic (exact) mass is 498 g/mol. The number of benzene rings is 2. The molecule has 0 amide bonds. The SMILES string of the molecule is Cc1nc2cc(N3CCO[C@H](c4cccc(Cl)c4)C3)nc(-c3ccc(Cl)cc3F)c2c(=O)n1C. The molecule has 1 aliphatic heterocycles. The van der Waals surface area contributed by atoms with E-state index in [0.717, 1.165) is 5.56 Å². The fourth-order valence-corrected chi connectivity index (χ4v) is 4.54. The maximum absolute atomic E-state index is 15.0. The number of pyridine rings is 1. The molecule has 5 rings (SSSR count). The van der Waals surface area contributed by atoms with Crippen LogP contribution in [0.1, 0.15) is 17.5 Å². The van der Waals surface area contributed by atoms with E-state index >= 15 is 0 Å². The van der Waals surface area contributed by atoms with E-state index in [2.05, 4.69) is 9.88 Å². The van der Waals surface area contributed by atoms with Crippen LogP contribution >= 0.6 is 23.2 Å². The zero-order chi connectivity index (χ0) is 24.0. The molecule has 2 aromatic heterocycles. The smallest absolute Gasteiger partial charge is 0.263 e. The molecule has 1 saturated heterocycles. The summed E-state index contributed by atoms with van der Waals surface area (Å²) in [6.45, 7) is 3.34. The van der Waals surface area contributed by atoms with Gasteiger partial charge in [0.2, 0.25) is 0 Å². The minimum Gasteiger partial charge on any atom is -0.370 e. The summed E-state index contributed by atoms with van der Waals surface area (Å²) in [6.07, 6.45) is -0.209. The fourth-order valence-electron chi connectivity index (χ4n) is 4.19. The van der Waals surface area contributed by atoms with Crippen molar-refractivity contribution < 1.29 is 9.13 Å². The maximum atomic E-state index is 15.0. The van der Waals surface area contributed by atoms with Gasteiger partial charge in [0.05, 0.1) is 23.2 Å². The first-order chi connectivity index (χ1) is 16.3. The van der Waals surface area contributed by atoms with Gasteiger partial charge in [0, 0.05) is 41.8 Å². The van der Waals surface area contributed by atoms with Gasteiger partial charge in [-0.25, -0.2) is 14.4 Å². The highest BCUT2D eigenvalue weighted by molar-refractivity contribution is 6.31. The number of rotatable bonds is 3. The summed E-state index contributed by atoms with van der Waals surface area (Å²) >= 11 is 12.1. The zero-order valence-electron chi connectivity index (χ0n) is 18.6. The first-order valence-corrected chi connectivity index (χ1v) is 11.5. The van der Waals surface area contributed by atoms with Crippen LogP contribution in [-0.4, -0.2) is 34.2 Å². The Balaban J connectivity index is 1.66. The Labute approximate surface area is 205 Å². The molecule has 0 aliphatic carbocycles. The zero-order valence-corrected chi connectivity index (χ0v) is 20.1. The highest BCUT2D eigenvalue weighted by Gasteiger charge is 2.26. The number of morpholine rings is 1. The summed E-state index contributed by atoms with van der Waals surface area (Å²) < 4.78 is 22.4. The van der Waals surface area contributed by atoms with Gasteiger partial charge in [-0.3, -0.25) is 9.36 Å². The molecule has 9 heteroatoms. The van der Waals surface area contributed by atoms with Crippen LogP contribution in [0, 0.1) is 12.7 Å². The maximum Gasteiger partial charge on any atom is 0.263 e. The summed E-state index contributed by atoms with van der Waals surface area (Å²) in [5, 5.41) is 1.16. The van der Waals surface area contributed by atoms with E-state index in [-0.39, 0.29) is 33.3 Å². The average Bonchev–Trinajstić information content (AvgIpc) is 2.82. The van der Waals surface area contributed by atoms with Gasteiger partial charge in [-0.1, -0.05) is 35.3 Å². The van der Waals surface area contributed by atoms with Crippen LogP contribution in [0.5, 0.6) is 0 Å². The largest absolute Gasteiger partial charge is 0.370 e. The molecule has 0 unspecified atom stereocenters. The molecule has 0 radical (unpaired) electrons. The van der Waals surface area contributed by atoms with E-state index in [1.165, 1.54) is 16.7 Å². The Morgan fingerprint density at radius 3 is 2.65 bits per heavy atom. The number of aryl methyl sites for hydroxylation is 1. The molecule has 3 heterocycles. The molecule has 4 aromatic rings. The lowest BCUT2D eigenvalue weighted by Gasteiger charge is -2.34. The number of aromatic nitrogens is 3. The first kappa shape index (κ1) is 22.8. The second-order valence-corrected chi connectivity index (χ2v) is 9.10. The quantitative estimate of drug-likeness (QED) is 0.382. The minimum absolute atomic E-state index is 0.193. The van der Waals surface area contributed by atoms with Crippen molar-refractivity contribution in [2.75, 3.05) is 24.6 Å². The van der Waals surface area contributed by atoms with Crippen molar-refractivity contribution in [3.63, 3.8) is 0 Å². The van der Waals surface area contributed by atoms with E-state index in [1.54, 1.807) is 26.1 Å². The third-order valence-corrected chi connectivity index (χ3v) is 6.54. The highest BCUT2D eigenvalue weighted by atomic mass is 35.5. The predicted molar refractivity (Wildman–Crippen MR) is 132 cm³/mol. The van der Waals surface area contributed by atoms with Crippen LogP contribution in [0.25, 0.3) is 22.2 Å². The lowest BCUT2D eigenvalue weighted by molar-refractivity contribution is 0.0395. The molecule has 0 bridgehead atoms. The molecule has 1 fully saturated rings. The second kappa shape index (κ2) is 8.98. The topological polar surface area (TPSA) is 60.2 Å². The number of hydrogen-bond donors (Lipinski definition) is 0. The summed E-state index contributed by atoms with van der Waals surface area (Å²) in [4.78, 5) is 24.6. The number of anilines is 1. The molecule has 0 N–H and O–H groups in total. The van der Waals surface area contributed by atoms with Crippen molar-refractivity contribution in [1.82, 2.24) is 14.5 Å². The van der Waals surface area contributed by atoms with Gasteiger partial charge in [0.15, 0.2) is 0 Å². The van der Waals surface area contributed by atoms with Crippen LogP contribution in [0.3, 0.4) is 0 Å². The van der Waals surface area contributed by atoms with Crippen molar-refractivity contribution in [3.8, 4) is 11.3 Å². The van der Waals surface area contributed by atoms with Crippen LogP contribution in [0.15, 0.2) is 53.3 Å². The van der Waals surface area contributed by atoms with Crippen LogP contribution in [-0.2, 0) is 11.8 Å². The van der Waals surface area contributed by atoms with Gasteiger partial charge in [-0.05, 0) is 42.8 Å². The Morgan fingerprint density at radius 2 is 1.88 bits per heavy atom. The van der Waals surface area contributed by atoms with Crippen molar-refractivity contribution in [3.05, 3.63) is 86.1 Å². The Bertz CT molecular complexity index is 1470. The average molecular weight is 499 g/mol. The van der Waals surface area contributed by atoms with Gasteiger partial charge < -0.3 is 9.64 Å².